The van der Waals surface area contributed by atoms with E-state index in [2.05, 4.69) is 19.9 Å². The van der Waals surface area contributed by atoms with Crippen LogP contribution in [0.4, 0.5) is 5.95 Å². The normalized spacial score (nSPS) is 15.0. The van der Waals surface area contributed by atoms with E-state index >= 15 is 0 Å². The molecule has 3 heterocycles. The zero-order valence-electron chi connectivity index (χ0n) is 11.6. The lowest BCUT2D eigenvalue weighted by Gasteiger charge is -2.27. The zero-order valence-corrected chi connectivity index (χ0v) is 11.6. The first-order valence-corrected chi connectivity index (χ1v) is 7.01. The summed E-state index contributed by atoms with van der Waals surface area (Å²) < 4.78 is 0. The highest BCUT2D eigenvalue weighted by molar-refractivity contribution is 5.94. The van der Waals surface area contributed by atoms with Gasteiger partial charge in [-0.2, -0.15) is 0 Å². The Balaban J connectivity index is 2.04. The summed E-state index contributed by atoms with van der Waals surface area (Å²) in [6, 6.07) is 3.52. The molecule has 1 aliphatic heterocycles. The van der Waals surface area contributed by atoms with Crippen LogP contribution >= 0.6 is 0 Å². The van der Waals surface area contributed by atoms with Crippen molar-refractivity contribution in [3.05, 3.63) is 36.3 Å². The Kier molecular flexibility index (Phi) is 3.77. The van der Waals surface area contributed by atoms with Gasteiger partial charge in [0, 0.05) is 37.2 Å². The molecule has 0 bridgehead atoms. The maximum atomic E-state index is 11.4. The second-order valence-corrected chi connectivity index (χ2v) is 5.02. The van der Waals surface area contributed by atoms with E-state index in [0.717, 1.165) is 31.5 Å². The molecule has 0 amide bonds. The summed E-state index contributed by atoms with van der Waals surface area (Å²) >= 11 is 0. The van der Waals surface area contributed by atoms with Gasteiger partial charge in [-0.25, -0.2) is 14.8 Å². The van der Waals surface area contributed by atoms with E-state index in [-0.39, 0.29) is 5.56 Å². The van der Waals surface area contributed by atoms with Crippen LogP contribution in [0.5, 0.6) is 0 Å². The summed E-state index contributed by atoms with van der Waals surface area (Å²) in [5, 5.41) is 9.32. The Labute approximate surface area is 122 Å². The third kappa shape index (κ3) is 2.84. The lowest BCUT2D eigenvalue weighted by molar-refractivity contribution is 0.0697. The Morgan fingerprint density at radius 1 is 1.14 bits per heavy atom. The first-order chi connectivity index (χ1) is 10.3. The highest BCUT2D eigenvalue weighted by Crippen LogP contribution is 2.24. The van der Waals surface area contributed by atoms with Crippen LogP contribution in [-0.2, 0) is 0 Å². The van der Waals surface area contributed by atoms with Crippen molar-refractivity contribution < 1.29 is 9.90 Å². The molecule has 21 heavy (non-hydrogen) atoms. The van der Waals surface area contributed by atoms with Crippen molar-refractivity contribution in [3.8, 4) is 11.3 Å². The van der Waals surface area contributed by atoms with Crippen molar-refractivity contribution >= 4 is 11.9 Å². The molecule has 0 spiro atoms. The molecule has 0 unspecified atom stereocenters. The molecule has 3 rings (SSSR count). The van der Waals surface area contributed by atoms with Gasteiger partial charge in [-0.3, -0.25) is 4.98 Å². The quantitative estimate of drug-likeness (QED) is 0.931. The molecule has 6 heteroatoms. The number of carboxylic acids is 1. The number of carbonyl (C=O) groups is 1. The van der Waals surface area contributed by atoms with Crippen molar-refractivity contribution in [2.24, 2.45) is 0 Å². The van der Waals surface area contributed by atoms with Crippen LogP contribution in [0, 0.1) is 0 Å². The van der Waals surface area contributed by atoms with Gasteiger partial charge >= 0.3 is 5.97 Å². The zero-order chi connectivity index (χ0) is 14.7. The van der Waals surface area contributed by atoms with Gasteiger partial charge in [0.1, 0.15) is 5.56 Å². The molecule has 108 valence electrons. The summed E-state index contributed by atoms with van der Waals surface area (Å²) in [6.45, 7) is 1.84. The summed E-state index contributed by atoms with van der Waals surface area (Å²) in [5.74, 6) is -0.418. The number of pyridine rings is 1. The Morgan fingerprint density at radius 2 is 1.86 bits per heavy atom. The Bertz CT molecular complexity index is 639. The summed E-state index contributed by atoms with van der Waals surface area (Å²) in [7, 11) is 0. The molecule has 2 aromatic heterocycles. The largest absolute Gasteiger partial charge is 0.478 e. The van der Waals surface area contributed by atoms with Gasteiger partial charge in [-0.1, -0.05) is 0 Å². The standard InChI is InChI=1S/C15H16N4O2/c20-14(21)12-10-17-15(19-8-2-1-3-9-19)18-13(12)11-4-6-16-7-5-11/h4-7,10H,1-3,8-9H2,(H,20,21). The molecule has 1 aliphatic rings. The molecule has 6 nitrogen and oxygen atoms in total. The average Bonchev–Trinajstić information content (AvgIpc) is 2.56. The number of carboxylic acid groups (broad SMARTS) is 1. The number of aromatic nitrogens is 3. The number of anilines is 1. The van der Waals surface area contributed by atoms with Crippen LogP contribution in [0.3, 0.4) is 0 Å². The molecule has 1 fully saturated rings. The van der Waals surface area contributed by atoms with Crippen molar-refractivity contribution in [2.75, 3.05) is 18.0 Å². The highest BCUT2D eigenvalue weighted by atomic mass is 16.4. The summed E-state index contributed by atoms with van der Waals surface area (Å²) in [6.07, 6.45) is 8.12. The second kappa shape index (κ2) is 5.87. The second-order valence-electron chi connectivity index (χ2n) is 5.02. The fourth-order valence-electron chi connectivity index (χ4n) is 2.51. The Hall–Kier alpha value is -2.50. The number of nitrogens with zero attached hydrogens (tertiary/aromatic N) is 4. The van der Waals surface area contributed by atoms with Gasteiger partial charge in [0.15, 0.2) is 0 Å². The topological polar surface area (TPSA) is 79.2 Å². The van der Waals surface area contributed by atoms with Gasteiger partial charge in [0.25, 0.3) is 0 Å². The fourth-order valence-corrected chi connectivity index (χ4v) is 2.51. The maximum absolute atomic E-state index is 11.4. The van der Waals surface area contributed by atoms with E-state index in [1.807, 2.05) is 0 Å². The minimum Gasteiger partial charge on any atom is -0.478 e. The third-order valence-corrected chi connectivity index (χ3v) is 3.60. The molecule has 1 N–H and O–H groups in total. The summed E-state index contributed by atoms with van der Waals surface area (Å²) in [5.41, 5.74) is 1.30. The smallest absolute Gasteiger partial charge is 0.339 e. The van der Waals surface area contributed by atoms with E-state index in [1.165, 1.54) is 12.6 Å². The van der Waals surface area contributed by atoms with Gasteiger partial charge in [-0.05, 0) is 31.4 Å². The predicted octanol–water partition coefficient (Wildman–Crippen LogP) is 2.23. The molecule has 0 atom stereocenters. The van der Waals surface area contributed by atoms with Crippen LogP contribution in [0.25, 0.3) is 11.3 Å². The van der Waals surface area contributed by atoms with Crippen LogP contribution in [0.1, 0.15) is 29.6 Å². The van der Waals surface area contributed by atoms with Crippen molar-refractivity contribution in [1.82, 2.24) is 15.0 Å². The van der Waals surface area contributed by atoms with Gasteiger partial charge in [-0.15, -0.1) is 0 Å². The molecular weight excluding hydrogens is 268 g/mol. The SMILES string of the molecule is O=C(O)c1cnc(N2CCCCC2)nc1-c1ccncc1. The van der Waals surface area contributed by atoms with Gasteiger partial charge in [0.05, 0.1) is 5.69 Å². The number of hydrogen-bond acceptors (Lipinski definition) is 5. The van der Waals surface area contributed by atoms with E-state index in [9.17, 15) is 9.90 Å². The van der Waals surface area contributed by atoms with Crippen LogP contribution in [-0.4, -0.2) is 39.1 Å². The van der Waals surface area contributed by atoms with Gasteiger partial charge in [0.2, 0.25) is 5.95 Å². The summed E-state index contributed by atoms with van der Waals surface area (Å²) in [4.78, 5) is 26.2. The molecule has 0 aliphatic carbocycles. The van der Waals surface area contributed by atoms with Gasteiger partial charge < -0.3 is 10.0 Å². The van der Waals surface area contributed by atoms with Crippen molar-refractivity contribution in [2.45, 2.75) is 19.3 Å². The van der Waals surface area contributed by atoms with Crippen LogP contribution in [0.15, 0.2) is 30.7 Å². The molecule has 0 saturated carbocycles. The van der Waals surface area contributed by atoms with E-state index in [4.69, 9.17) is 0 Å². The molecule has 2 aromatic rings. The maximum Gasteiger partial charge on any atom is 0.339 e. The molecule has 1 saturated heterocycles. The lowest BCUT2D eigenvalue weighted by Crippen LogP contribution is -2.31. The van der Waals surface area contributed by atoms with Crippen LogP contribution in [0.2, 0.25) is 0 Å². The fraction of sp³-hybridized carbons (Fsp3) is 0.333. The predicted molar refractivity (Wildman–Crippen MR) is 78.3 cm³/mol. The third-order valence-electron chi connectivity index (χ3n) is 3.60. The number of rotatable bonds is 3. The molecule has 0 radical (unpaired) electrons. The van der Waals surface area contributed by atoms with E-state index in [1.54, 1.807) is 24.5 Å². The van der Waals surface area contributed by atoms with Crippen molar-refractivity contribution in [3.63, 3.8) is 0 Å². The van der Waals surface area contributed by atoms with Crippen LogP contribution < -0.4 is 4.90 Å². The first-order valence-electron chi connectivity index (χ1n) is 7.01. The molecular formula is C15H16N4O2. The van der Waals surface area contributed by atoms with Crippen molar-refractivity contribution in [1.29, 1.82) is 0 Å². The average molecular weight is 284 g/mol. The molecule has 0 aromatic carbocycles. The number of piperidine rings is 1. The highest BCUT2D eigenvalue weighted by Gasteiger charge is 2.19. The van der Waals surface area contributed by atoms with E-state index in [0.29, 0.717) is 11.6 Å². The monoisotopic (exact) mass is 284 g/mol. The first kappa shape index (κ1) is 13.5. The number of aromatic carboxylic acids is 1. The Morgan fingerprint density at radius 3 is 2.52 bits per heavy atom. The minimum absolute atomic E-state index is 0.113. The number of hydrogen-bond donors (Lipinski definition) is 1. The van der Waals surface area contributed by atoms with E-state index < -0.39 is 5.97 Å². The lowest BCUT2D eigenvalue weighted by atomic mass is 10.1. The minimum atomic E-state index is -1.02.